The van der Waals surface area contributed by atoms with Gasteiger partial charge in [0.25, 0.3) is 0 Å². The van der Waals surface area contributed by atoms with Crippen LogP contribution in [-0.2, 0) is 9.59 Å². The normalized spacial score (nSPS) is 17.8. The van der Waals surface area contributed by atoms with Gasteiger partial charge in [-0.2, -0.15) is 0 Å². The van der Waals surface area contributed by atoms with E-state index >= 15 is 0 Å². The first kappa shape index (κ1) is 14.5. The molecule has 0 aromatic carbocycles. The Morgan fingerprint density at radius 2 is 2.21 bits per heavy atom. The third kappa shape index (κ3) is 4.04. The fraction of sp³-hybridized carbons (Fsp3) is 0.538. The second-order valence-corrected chi connectivity index (χ2v) is 7.44. The molecule has 0 spiro atoms. The number of aliphatic carboxylic acids is 1. The summed E-state index contributed by atoms with van der Waals surface area (Å²) in [5, 5.41) is 11.8. The van der Waals surface area contributed by atoms with Crippen molar-refractivity contribution in [2.75, 3.05) is 0 Å². The van der Waals surface area contributed by atoms with Crippen molar-refractivity contribution in [2.24, 2.45) is 5.92 Å². The zero-order valence-corrected chi connectivity index (χ0v) is 13.0. The van der Waals surface area contributed by atoms with Gasteiger partial charge in [-0.3, -0.25) is 4.79 Å². The zero-order chi connectivity index (χ0) is 14.0. The molecule has 1 heterocycles. The van der Waals surface area contributed by atoms with Crippen LogP contribution >= 0.6 is 27.3 Å². The fourth-order valence-electron chi connectivity index (χ4n) is 1.90. The Bertz CT molecular complexity index is 484. The second kappa shape index (κ2) is 6.05. The molecule has 1 fully saturated rings. The van der Waals surface area contributed by atoms with Crippen LogP contribution in [0.25, 0.3) is 0 Å². The van der Waals surface area contributed by atoms with E-state index in [1.165, 1.54) is 11.3 Å². The molecule has 1 aliphatic rings. The maximum absolute atomic E-state index is 12.1. The maximum atomic E-state index is 12.1. The highest BCUT2D eigenvalue weighted by molar-refractivity contribution is 9.11. The number of carboxylic acid groups (broad SMARTS) is 1. The van der Waals surface area contributed by atoms with Crippen molar-refractivity contribution in [1.29, 1.82) is 0 Å². The number of carbonyl (C=O) groups is 2. The fourth-order valence-corrected chi connectivity index (χ4v) is 3.37. The quantitative estimate of drug-likeness (QED) is 0.832. The Hall–Kier alpha value is -0.880. The van der Waals surface area contributed by atoms with Gasteiger partial charge in [-0.25, -0.2) is 4.79 Å². The van der Waals surface area contributed by atoms with E-state index in [4.69, 9.17) is 5.11 Å². The molecule has 104 valence electrons. The van der Waals surface area contributed by atoms with Crippen LogP contribution < -0.4 is 5.32 Å². The second-order valence-electron chi connectivity index (χ2n) is 4.94. The third-order valence-corrected chi connectivity index (χ3v) is 5.10. The lowest BCUT2D eigenvalue weighted by Gasteiger charge is -2.17. The van der Waals surface area contributed by atoms with Crippen LogP contribution in [0.1, 0.15) is 37.0 Å². The average Bonchev–Trinajstić information content (AvgIpc) is 3.07. The van der Waals surface area contributed by atoms with Crippen molar-refractivity contribution in [1.82, 2.24) is 5.32 Å². The minimum absolute atomic E-state index is 0.220. The van der Waals surface area contributed by atoms with Crippen LogP contribution in [0.3, 0.4) is 0 Å². The summed E-state index contributed by atoms with van der Waals surface area (Å²) in [7, 11) is 0. The molecule has 4 nitrogen and oxygen atoms in total. The number of hydrogen-bond donors (Lipinski definition) is 2. The summed E-state index contributed by atoms with van der Waals surface area (Å²) in [4.78, 5) is 24.2. The van der Waals surface area contributed by atoms with E-state index in [9.17, 15) is 9.59 Å². The molecule has 6 heteroatoms. The van der Waals surface area contributed by atoms with Gasteiger partial charge in [0, 0.05) is 4.88 Å². The van der Waals surface area contributed by atoms with E-state index in [1.54, 1.807) is 6.92 Å². The molecule has 0 radical (unpaired) electrons. The largest absolute Gasteiger partial charge is 0.480 e. The van der Waals surface area contributed by atoms with Crippen molar-refractivity contribution in [3.8, 4) is 0 Å². The highest BCUT2D eigenvalue weighted by atomic mass is 79.9. The Labute approximate surface area is 124 Å². The van der Waals surface area contributed by atoms with Gasteiger partial charge in [0.1, 0.15) is 6.04 Å². The van der Waals surface area contributed by atoms with Gasteiger partial charge >= 0.3 is 5.97 Å². The summed E-state index contributed by atoms with van der Waals surface area (Å²) in [6, 6.07) is 3.02. The maximum Gasteiger partial charge on any atom is 0.326 e. The number of halogens is 1. The first-order valence-electron chi connectivity index (χ1n) is 6.25. The summed E-state index contributed by atoms with van der Waals surface area (Å²) in [5.41, 5.74) is 0. The predicted octanol–water partition coefficient (Wildman–Crippen LogP) is 2.98. The Kier molecular flexibility index (Phi) is 4.62. The summed E-state index contributed by atoms with van der Waals surface area (Å²) >= 11 is 4.85. The minimum Gasteiger partial charge on any atom is -0.480 e. The predicted molar refractivity (Wildman–Crippen MR) is 77.3 cm³/mol. The lowest BCUT2D eigenvalue weighted by atomic mass is 10.1. The third-order valence-electron chi connectivity index (χ3n) is 3.29. The van der Waals surface area contributed by atoms with Crippen LogP contribution in [0.4, 0.5) is 0 Å². The van der Waals surface area contributed by atoms with Gasteiger partial charge < -0.3 is 10.4 Å². The molecule has 1 aromatic rings. The lowest BCUT2D eigenvalue weighted by molar-refractivity contribution is -0.142. The topological polar surface area (TPSA) is 66.4 Å². The average molecular weight is 346 g/mol. The van der Waals surface area contributed by atoms with Gasteiger partial charge in [0.15, 0.2) is 0 Å². The monoisotopic (exact) mass is 345 g/mol. The van der Waals surface area contributed by atoms with Gasteiger partial charge in [-0.05, 0) is 47.3 Å². The van der Waals surface area contributed by atoms with E-state index < -0.39 is 12.0 Å². The molecular weight excluding hydrogens is 330 g/mol. The number of rotatable bonds is 6. The standard InChI is InChI=1S/C13H16BrNO3S/c1-7(10-4-5-11(14)19-10)12(16)15-9(13(17)18)6-8-2-3-8/h4-5,7-9H,2-3,6H2,1H3,(H,15,16)(H,17,18). The van der Waals surface area contributed by atoms with Crippen molar-refractivity contribution in [3.05, 3.63) is 20.8 Å². The summed E-state index contributed by atoms with van der Waals surface area (Å²) in [5.74, 6) is -1.02. The highest BCUT2D eigenvalue weighted by Crippen LogP contribution is 2.34. The molecule has 1 saturated carbocycles. The number of carboxylic acids is 1. The van der Waals surface area contributed by atoms with Crippen LogP contribution in [0.5, 0.6) is 0 Å². The van der Waals surface area contributed by atoms with Crippen molar-refractivity contribution >= 4 is 39.1 Å². The van der Waals surface area contributed by atoms with E-state index in [0.717, 1.165) is 21.5 Å². The summed E-state index contributed by atoms with van der Waals surface area (Å²) < 4.78 is 0.968. The van der Waals surface area contributed by atoms with Crippen molar-refractivity contribution < 1.29 is 14.7 Å². The zero-order valence-electron chi connectivity index (χ0n) is 10.6. The molecule has 1 aliphatic carbocycles. The number of carbonyl (C=O) groups excluding carboxylic acids is 1. The molecule has 2 N–H and O–H groups in total. The van der Waals surface area contributed by atoms with Gasteiger partial charge in [0.2, 0.25) is 5.91 Å². The molecule has 1 aromatic heterocycles. The molecule has 0 aliphatic heterocycles. The van der Waals surface area contributed by atoms with E-state index in [0.29, 0.717) is 12.3 Å². The van der Waals surface area contributed by atoms with Crippen LogP contribution in [0.2, 0.25) is 0 Å². The van der Waals surface area contributed by atoms with Crippen LogP contribution in [-0.4, -0.2) is 23.0 Å². The molecule has 2 rings (SSSR count). The number of nitrogens with one attached hydrogen (secondary N) is 1. The molecule has 0 saturated heterocycles. The van der Waals surface area contributed by atoms with Gasteiger partial charge in [-0.1, -0.05) is 12.8 Å². The van der Waals surface area contributed by atoms with Crippen LogP contribution in [0.15, 0.2) is 15.9 Å². The van der Waals surface area contributed by atoms with E-state index in [2.05, 4.69) is 21.2 Å². The first-order valence-corrected chi connectivity index (χ1v) is 7.86. The lowest BCUT2D eigenvalue weighted by Crippen LogP contribution is -2.42. The Morgan fingerprint density at radius 1 is 1.53 bits per heavy atom. The molecule has 19 heavy (non-hydrogen) atoms. The number of amides is 1. The Morgan fingerprint density at radius 3 is 2.68 bits per heavy atom. The highest BCUT2D eigenvalue weighted by Gasteiger charge is 2.31. The number of hydrogen-bond acceptors (Lipinski definition) is 3. The van der Waals surface area contributed by atoms with Gasteiger partial charge in [-0.15, -0.1) is 11.3 Å². The summed E-state index contributed by atoms with van der Waals surface area (Å²) in [6.07, 6.45) is 2.70. The molecular formula is C13H16BrNO3S. The van der Waals surface area contributed by atoms with Gasteiger partial charge in [0.05, 0.1) is 9.70 Å². The van der Waals surface area contributed by atoms with E-state index in [1.807, 2.05) is 12.1 Å². The molecule has 2 atom stereocenters. The Balaban J connectivity index is 1.95. The molecule has 0 bridgehead atoms. The SMILES string of the molecule is CC(C(=O)NC(CC1CC1)C(=O)O)c1ccc(Br)s1. The number of thiophene rings is 1. The van der Waals surface area contributed by atoms with Crippen molar-refractivity contribution in [2.45, 2.75) is 38.1 Å². The molecule has 1 amide bonds. The first-order chi connectivity index (χ1) is 8.97. The van der Waals surface area contributed by atoms with E-state index in [-0.39, 0.29) is 11.8 Å². The minimum atomic E-state index is -0.945. The van der Waals surface area contributed by atoms with Crippen molar-refractivity contribution in [3.63, 3.8) is 0 Å². The van der Waals surface area contributed by atoms with Crippen LogP contribution in [0, 0.1) is 5.92 Å². The summed E-state index contributed by atoms with van der Waals surface area (Å²) in [6.45, 7) is 1.80. The molecule has 2 unspecified atom stereocenters. The smallest absolute Gasteiger partial charge is 0.326 e.